The number of pyridine rings is 1. The Morgan fingerprint density at radius 1 is 1.52 bits per heavy atom. The van der Waals surface area contributed by atoms with Gasteiger partial charge < -0.3 is 10.1 Å². The van der Waals surface area contributed by atoms with Gasteiger partial charge in [0.1, 0.15) is 0 Å². The smallest absolute Gasteiger partial charge is 0.0840 e. The Labute approximate surface area is 137 Å². The summed E-state index contributed by atoms with van der Waals surface area (Å²) in [4.78, 5) is 4.28. The predicted octanol–water partition coefficient (Wildman–Crippen LogP) is 3.96. The van der Waals surface area contributed by atoms with Crippen LogP contribution in [0.5, 0.6) is 0 Å². The molecule has 21 heavy (non-hydrogen) atoms. The van der Waals surface area contributed by atoms with Crippen molar-refractivity contribution in [1.29, 1.82) is 0 Å². The number of likely N-dealkylation sites (N-methyl/N-ethyl adjacent to an activating group) is 1. The Kier molecular flexibility index (Phi) is 6.20. The molecule has 0 bridgehead atoms. The lowest BCUT2D eigenvalue weighted by Gasteiger charge is -2.45. The largest absolute Gasteiger partial charge is 0.374 e. The van der Waals surface area contributed by atoms with Gasteiger partial charge in [-0.25, -0.2) is 0 Å². The van der Waals surface area contributed by atoms with Gasteiger partial charge >= 0.3 is 0 Å². The van der Waals surface area contributed by atoms with Crippen molar-refractivity contribution in [2.75, 3.05) is 13.7 Å². The third-order valence-corrected chi connectivity index (χ3v) is 5.04. The van der Waals surface area contributed by atoms with Crippen molar-refractivity contribution in [1.82, 2.24) is 10.3 Å². The topological polar surface area (TPSA) is 34.1 Å². The Balaban J connectivity index is 2.19. The van der Waals surface area contributed by atoms with Crippen molar-refractivity contribution in [2.24, 2.45) is 5.92 Å². The molecule has 1 aliphatic carbocycles. The number of aromatic nitrogens is 1. The molecule has 1 aliphatic rings. The van der Waals surface area contributed by atoms with Gasteiger partial charge in [-0.2, -0.15) is 0 Å². The second-order valence-electron chi connectivity index (χ2n) is 6.26. The molecule has 1 fully saturated rings. The lowest BCUT2D eigenvalue weighted by molar-refractivity contribution is -0.0988. The molecular formula is C17H27BrN2O. The minimum absolute atomic E-state index is 0.0382. The van der Waals surface area contributed by atoms with Gasteiger partial charge in [0, 0.05) is 29.5 Å². The van der Waals surface area contributed by atoms with Crippen LogP contribution in [0.3, 0.4) is 0 Å². The van der Waals surface area contributed by atoms with Crippen molar-refractivity contribution in [3.05, 3.63) is 28.5 Å². The summed E-state index contributed by atoms with van der Waals surface area (Å²) in [5.74, 6) is 0.738. The fourth-order valence-corrected chi connectivity index (χ4v) is 4.15. The number of nitrogens with one attached hydrogen (secondary N) is 1. The molecule has 0 aromatic carbocycles. The van der Waals surface area contributed by atoms with Crippen LogP contribution in [0, 0.1) is 5.92 Å². The van der Waals surface area contributed by atoms with Crippen LogP contribution >= 0.6 is 15.9 Å². The maximum absolute atomic E-state index is 6.30. The number of nitrogens with zero attached hydrogens (tertiary/aromatic N) is 1. The van der Waals surface area contributed by atoms with E-state index in [4.69, 9.17) is 4.74 Å². The molecule has 1 aromatic heterocycles. The summed E-state index contributed by atoms with van der Waals surface area (Å²) in [5, 5.41) is 3.52. The molecular weight excluding hydrogens is 328 g/mol. The monoisotopic (exact) mass is 354 g/mol. The molecule has 1 N–H and O–H groups in total. The fraction of sp³-hybridized carbons (Fsp3) is 0.706. The highest BCUT2D eigenvalue weighted by Crippen LogP contribution is 2.38. The lowest BCUT2D eigenvalue weighted by Crippen LogP contribution is -2.55. The van der Waals surface area contributed by atoms with Crippen LogP contribution in [0.2, 0.25) is 0 Å². The normalized spacial score (nSPS) is 27.5. The van der Waals surface area contributed by atoms with E-state index in [9.17, 15) is 0 Å². The first kappa shape index (κ1) is 16.9. The molecule has 3 nitrogen and oxygen atoms in total. The molecule has 2 rings (SSSR count). The highest BCUT2D eigenvalue weighted by molar-refractivity contribution is 9.10. The maximum Gasteiger partial charge on any atom is 0.0840 e. The quantitative estimate of drug-likeness (QED) is 0.839. The van der Waals surface area contributed by atoms with E-state index in [1.807, 2.05) is 12.4 Å². The van der Waals surface area contributed by atoms with Gasteiger partial charge in [0.2, 0.25) is 0 Å². The van der Waals surface area contributed by atoms with Crippen LogP contribution in [0.15, 0.2) is 22.9 Å². The Morgan fingerprint density at radius 2 is 2.33 bits per heavy atom. The second kappa shape index (κ2) is 7.70. The van der Waals surface area contributed by atoms with E-state index in [2.05, 4.69) is 53.2 Å². The highest BCUT2D eigenvalue weighted by atomic mass is 79.9. The van der Waals surface area contributed by atoms with Gasteiger partial charge in [-0.1, -0.05) is 19.8 Å². The summed E-state index contributed by atoms with van der Waals surface area (Å²) >= 11 is 3.51. The number of hydrogen-bond donors (Lipinski definition) is 1. The van der Waals surface area contributed by atoms with Crippen LogP contribution in [-0.4, -0.2) is 30.3 Å². The zero-order valence-electron chi connectivity index (χ0n) is 13.4. The lowest BCUT2D eigenvalue weighted by atomic mass is 9.73. The average Bonchev–Trinajstić information content (AvgIpc) is 2.45. The Hall–Kier alpha value is -0.450. The number of hydrogen-bond acceptors (Lipinski definition) is 3. The molecule has 3 atom stereocenters. The van der Waals surface area contributed by atoms with Crippen LogP contribution in [0.25, 0.3) is 0 Å². The summed E-state index contributed by atoms with van der Waals surface area (Å²) in [6, 6.07) is 2.49. The molecule has 0 radical (unpaired) electrons. The summed E-state index contributed by atoms with van der Waals surface area (Å²) in [6.07, 6.45) is 9.63. The van der Waals surface area contributed by atoms with Gasteiger partial charge in [0.15, 0.2) is 0 Å². The van der Waals surface area contributed by atoms with Crippen LogP contribution < -0.4 is 5.32 Å². The van der Waals surface area contributed by atoms with Crippen molar-refractivity contribution in [3.8, 4) is 0 Å². The molecule has 0 amide bonds. The SMILES string of the molecule is CCOC1(C(Cc2cncc(Br)c2)NC)CCCC(C)C1. The van der Waals surface area contributed by atoms with Crippen molar-refractivity contribution < 1.29 is 4.74 Å². The number of halogens is 1. The van der Waals surface area contributed by atoms with Crippen molar-refractivity contribution in [2.45, 2.75) is 57.6 Å². The molecule has 0 saturated heterocycles. The maximum atomic E-state index is 6.30. The van der Waals surface area contributed by atoms with Gasteiger partial charge in [-0.3, -0.25) is 4.98 Å². The second-order valence-corrected chi connectivity index (χ2v) is 7.17. The molecule has 0 aliphatic heterocycles. The molecule has 4 heteroatoms. The first-order valence-electron chi connectivity index (χ1n) is 8.00. The Bertz CT molecular complexity index is 450. The number of ether oxygens (including phenoxy) is 1. The van der Waals surface area contributed by atoms with E-state index in [1.54, 1.807) is 0 Å². The molecule has 118 valence electrons. The average molecular weight is 355 g/mol. The molecule has 1 saturated carbocycles. The predicted molar refractivity (Wildman–Crippen MR) is 90.5 cm³/mol. The first-order chi connectivity index (χ1) is 10.1. The minimum Gasteiger partial charge on any atom is -0.374 e. The summed E-state index contributed by atoms with van der Waals surface area (Å²) in [5.41, 5.74) is 1.21. The van der Waals surface area contributed by atoms with Gasteiger partial charge in [0.05, 0.1) is 5.60 Å². The first-order valence-corrected chi connectivity index (χ1v) is 8.79. The third kappa shape index (κ3) is 4.27. The third-order valence-electron chi connectivity index (χ3n) is 4.61. The van der Waals surface area contributed by atoms with E-state index >= 15 is 0 Å². The van der Waals surface area contributed by atoms with Gasteiger partial charge in [-0.15, -0.1) is 0 Å². The van der Waals surface area contributed by atoms with Crippen LogP contribution in [-0.2, 0) is 11.2 Å². The molecule has 1 heterocycles. The minimum atomic E-state index is -0.0382. The Morgan fingerprint density at radius 3 is 2.95 bits per heavy atom. The number of rotatable bonds is 6. The van der Waals surface area contributed by atoms with Crippen LogP contribution in [0.4, 0.5) is 0 Å². The van der Waals surface area contributed by atoms with E-state index in [-0.39, 0.29) is 5.60 Å². The van der Waals surface area contributed by atoms with E-state index < -0.39 is 0 Å². The molecule has 0 spiro atoms. The zero-order chi connectivity index (χ0) is 15.3. The van der Waals surface area contributed by atoms with Crippen molar-refractivity contribution in [3.63, 3.8) is 0 Å². The molecule has 3 unspecified atom stereocenters. The highest BCUT2D eigenvalue weighted by Gasteiger charge is 2.42. The molecule has 1 aromatic rings. The van der Waals surface area contributed by atoms with E-state index in [1.165, 1.54) is 18.4 Å². The summed E-state index contributed by atoms with van der Waals surface area (Å²) in [7, 11) is 2.05. The van der Waals surface area contributed by atoms with Crippen molar-refractivity contribution >= 4 is 15.9 Å². The standard InChI is InChI=1S/C17H27BrN2O/c1-4-21-17(7-5-6-13(2)10-17)16(19-3)9-14-8-15(18)12-20-11-14/h8,11-13,16,19H,4-7,9-10H2,1-3H3. The van der Waals surface area contributed by atoms with E-state index in [0.29, 0.717) is 6.04 Å². The van der Waals surface area contributed by atoms with Crippen LogP contribution in [0.1, 0.15) is 45.1 Å². The van der Waals surface area contributed by atoms with Gasteiger partial charge in [0.25, 0.3) is 0 Å². The summed E-state index contributed by atoms with van der Waals surface area (Å²) in [6.45, 7) is 5.23. The van der Waals surface area contributed by atoms with E-state index in [0.717, 1.165) is 36.3 Å². The zero-order valence-corrected chi connectivity index (χ0v) is 14.9. The fourth-order valence-electron chi connectivity index (χ4n) is 3.73. The van der Waals surface area contributed by atoms with Gasteiger partial charge in [-0.05, 0) is 66.7 Å². The summed E-state index contributed by atoms with van der Waals surface area (Å²) < 4.78 is 7.34.